The number of nitro groups is 1. The van der Waals surface area contributed by atoms with E-state index < -0.39 is 4.92 Å². The maximum atomic E-state index is 10.5. The topological polar surface area (TPSA) is 71.3 Å². The molecule has 6 heteroatoms. The Hall–Kier alpha value is -1.69. The molecule has 1 atom stereocenters. The summed E-state index contributed by atoms with van der Waals surface area (Å²) in [4.78, 5) is 16.3. The van der Waals surface area contributed by atoms with E-state index in [0.29, 0.717) is 6.04 Å². The van der Waals surface area contributed by atoms with Crippen molar-refractivity contribution >= 4 is 11.5 Å². The zero-order chi connectivity index (χ0) is 12.3. The van der Waals surface area contributed by atoms with E-state index in [4.69, 9.17) is 0 Å². The Bertz CT molecular complexity index is 387. The van der Waals surface area contributed by atoms with E-state index in [0.717, 1.165) is 31.7 Å². The monoisotopic (exact) mass is 236 g/mol. The van der Waals surface area contributed by atoms with Crippen LogP contribution in [0, 0.1) is 10.1 Å². The van der Waals surface area contributed by atoms with Crippen LogP contribution in [0.15, 0.2) is 18.3 Å². The van der Waals surface area contributed by atoms with Crippen LogP contribution in [-0.4, -0.2) is 36.1 Å². The zero-order valence-electron chi connectivity index (χ0n) is 9.80. The second-order valence-corrected chi connectivity index (χ2v) is 4.24. The molecule has 0 radical (unpaired) electrons. The molecule has 0 spiro atoms. The van der Waals surface area contributed by atoms with Gasteiger partial charge in [0, 0.05) is 25.7 Å². The first-order chi connectivity index (χ1) is 8.18. The Morgan fingerprint density at radius 2 is 2.41 bits per heavy atom. The van der Waals surface area contributed by atoms with E-state index in [1.54, 1.807) is 6.07 Å². The lowest BCUT2D eigenvalue weighted by Crippen LogP contribution is -2.44. The third kappa shape index (κ3) is 2.71. The molecule has 1 N–H and O–H groups in total. The third-order valence-corrected chi connectivity index (χ3v) is 3.12. The molecule has 1 fully saturated rings. The molecule has 0 bridgehead atoms. The highest BCUT2D eigenvalue weighted by Crippen LogP contribution is 2.19. The van der Waals surface area contributed by atoms with Crippen LogP contribution in [-0.2, 0) is 0 Å². The molecule has 0 saturated carbocycles. The first kappa shape index (κ1) is 11.8. The number of hydrogen-bond acceptors (Lipinski definition) is 5. The minimum Gasteiger partial charge on any atom is -0.355 e. The summed E-state index contributed by atoms with van der Waals surface area (Å²) in [5, 5.41) is 13.9. The van der Waals surface area contributed by atoms with Gasteiger partial charge in [-0.05, 0) is 25.5 Å². The van der Waals surface area contributed by atoms with Gasteiger partial charge in [0.2, 0.25) is 0 Å². The number of nitrogens with one attached hydrogen (secondary N) is 1. The number of hydrogen-bond donors (Lipinski definition) is 1. The molecule has 0 unspecified atom stereocenters. The van der Waals surface area contributed by atoms with E-state index >= 15 is 0 Å². The van der Waals surface area contributed by atoms with Gasteiger partial charge < -0.3 is 10.2 Å². The second-order valence-electron chi connectivity index (χ2n) is 4.24. The molecule has 2 rings (SSSR count). The molecule has 1 aliphatic heterocycles. The molecular weight excluding hydrogens is 220 g/mol. The number of piperidine rings is 1. The lowest BCUT2D eigenvalue weighted by Gasteiger charge is -2.32. The van der Waals surface area contributed by atoms with Crippen molar-refractivity contribution in [1.82, 2.24) is 10.3 Å². The van der Waals surface area contributed by atoms with E-state index in [9.17, 15) is 10.1 Å². The summed E-state index contributed by atoms with van der Waals surface area (Å²) in [7, 11) is 1.98. The lowest BCUT2D eigenvalue weighted by molar-refractivity contribution is -0.385. The SMILES string of the molecule is CN(c1ccc([N+](=O)[O-])cn1)[C@@H]1CCCNC1. The Kier molecular flexibility index (Phi) is 3.53. The van der Waals surface area contributed by atoms with Gasteiger partial charge in [-0.15, -0.1) is 0 Å². The summed E-state index contributed by atoms with van der Waals surface area (Å²) in [5.41, 5.74) is 0.0314. The first-order valence-corrected chi connectivity index (χ1v) is 5.72. The third-order valence-electron chi connectivity index (χ3n) is 3.12. The number of aromatic nitrogens is 1. The molecule has 1 aromatic rings. The fraction of sp³-hybridized carbons (Fsp3) is 0.545. The summed E-state index contributed by atoms with van der Waals surface area (Å²) in [6.45, 7) is 2.01. The van der Waals surface area contributed by atoms with Gasteiger partial charge in [0.25, 0.3) is 5.69 Å². The van der Waals surface area contributed by atoms with Crippen LogP contribution < -0.4 is 10.2 Å². The normalized spacial score (nSPS) is 19.9. The summed E-state index contributed by atoms with van der Waals surface area (Å²) < 4.78 is 0. The molecule has 17 heavy (non-hydrogen) atoms. The van der Waals surface area contributed by atoms with E-state index in [2.05, 4.69) is 15.2 Å². The Morgan fingerprint density at radius 1 is 1.59 bits per heavy atom. The predicted molar refractivity (Wildman–Crippen MR) is 65.2 cm³/mol. The van der Waals surface area contributed by atoms with Crippen LogP contribution in [0.5, 0.6) is 0 Å². The number of nitrogens with zero attached hydrogens (tertiary/aromatic N) is 3. The van der Waals surface area contributed by atoms with Gasteiger partial charge in [-0.25, -0.2) is 4.98 Å². The Morgan fingerprint density at radius 3 is 2.94 bits per heavy atom. The average Bonchev–Trinajstić information content (AvgIpc) is 2.39. The number of pyridine rings is 1. The maximum absolute atomic E-state index is 10.5. The van der Waals surface area contributed by atoms with Gasteiger partial charge in [-0.2, -0.15) is 0 Å². The molecule has 1 aliphatic rings. The fourth-order valence-electron chi connectivity index (χ4n) is 2.05. The van der Waals surface area contributed by atoms with Crippen molar-refractivity contribution in [3.05, 3.63) is 28.4 Å². The molecule has 0 amide bonds. The maximum Gasteiger partial charge on any atom is 0.287 e. The van der Waals surface area contributed by atoms with Gasteiger partial charge in [-0.1, -0.05) is 0 Å². The first-order valence-electron chi connectivity index (χ1n) is 5.72. The molecule has 92 valence electrons. The molecular formula is C11H16N4O2. The second kappa shape index (κ2) is 5.09. The molecule has 0 aromatic carbocycles. The summed E-state index contributed by atoms with van der Waals surface area (Å²) in [6, 6.07) is 3.61. The van der Waals surface area contributed by atoms with Crippen LogP contribution in [0.2, 0.25) is 0 Å². The van der Waals surface area contributed by atoms with E-state index in [-0.39, 0.29) is 5.69 Å². The van der Waals surface area contributed by atoms with Crippen LogP contribution >= 0.6 is 0 Å². The van der Waals surface area contributed by atoms with Crippen LogP contribution in [0.1, 0.15) is 12.8 Å². The highest BCUT2D eigenvalue weighted by Gasteiger charge is 2.19. The molecule has 1 saturated heterocycles. The Balaban J connectivity index is 2.07. The molecule has 2 heterocycles. The van der Waals surface area contributed by atoms with E-state index in [1.807, 2.05) is 7.05 Å². The quantitative estimate of drug-likeness (QED) is 0.630. The van der Waals surface area contributed by atoms with Gasteiger partial charge in [0.1, 0.15) is 12.0 Å². The summed E-state index contributed by atoms with van der Waals surface area (Å²) in [5.74, 6) is 0.782. The number of anilines is 1. The largest absolute Gasteiger partial charge is 0.355 e. The standard InChI is InChI=1S/C11H16N4O2/c1-14(9-3-2-6-12-7-9)11-5-4-10(8-13-11)15(16)17/h4-5,8-9,12H,2-3,6-7H2,1H3/t9-/m1/s1. The minimum atomic E-state index is -0.432. The van der Waals surface area contributed by atoms with Gasteiger partial charge in [-0.3, -0.25) is 10.1 Å². The number of rotatable bonds is 3. The van der Waals surface area contributed by atoms with Crippen LogP contribution in [0.4, 0.5) is 11.5 Å². The number of likely N-dealkylation sites (N-methyl/N-ethyl adjacent to an activating group) is 1. The molecule has 1 aromatic heterocycles. The lowest BCUT2D eigenvalue weighted by atomic mass is 10.1. The van der Waals surface area contributed by atoms with Crippen LogP contribution in [0.3, 0.4) is 0 Å². The van der Waals surface area contributed by atoms with Gasteiger partial charge >= 0.3 is 0 Å². The van der Waals surface area contributed by atoms with Crippen molar-refractivity contribution < 1.29 is 4.92 Å². The predicted octanol–water partition coefficient (Wildman–Crippen LogP) is 1.18. The highest BCUT2D eigenvalue weighted by atomic mass is 16.6. The van der Waals surface area contributed by atoms with Crippen LogP contribution in [0.25, 0.3) is 0 Å². The van der Waals surface area contributed by atoms with Crippen molar-refractivity contribution in [2.45, 2.75) is 18.9 Å². The molecule has 0 aliphatic carbocycles. The zero-order valence-corrected chi connectivity index (χ0v) is 9.80. The van der Waals surface area contributed by atoms with Crippen molar-refractivity contribution in [2.24, 2.45) is 0 Å². The summed E-state index contributed by atoms with van der Waals surface area (Å²) in [6.07, 6.45) is 3.59. The Labute approximate surface area is 99.8 Å². The average molecular weight is 236 g/mol. The smallest absolute Gasteiger partial charge is 0.287 e. The highest BCUT2D eigenvalue weighted by molar-refractivity contribution is 5.43. The minimum absolute atomic E-state index is 0.0314. The van der Waals surface area contributed by atoms with E-state index in [1.165, 1.54) is 12.3 Å². The van der Waals surface area contributed by atoms with Crippen molar-refractivity contribution in [3.63, 3.8) is 0 Å². The fourth-order valence-corrected chi connectivity index (χ4v) is 2.05. The van der Waals surface area contributed by atoms with Gasteiger partial charge in [0.15, 0.2) is 0 Å². The summed E-state index contributed by atoms with van der Waals surface area (Å²) >= 11 is 0. The van der Waals surface area contributed by atoms with Crippen molar-refractivity contribution in [3.8, 4) is 0 Å². The molecule has 6 nitrogen and oxygen atoms in total. The van der Waals surface area contributed by atoms with Gasteiger partial charge in [0.05, 0.1) is 4.92 Å². The van der Waals surface area contributed by atoms with Crippen molar-refractivity contribution in [1.29, 1.82) is 0 Å². The van der Waals surface area contributed by atoms with Crippen molar-refractivity contribution in [2.75, 3.05) is 25.0 Å².